The molecule has 2 aliphatic rings. The van der Waals surface area contributed by atoms with E-state index in [1.54, 1.807) is 0 Å². The van der Waals surface area contributed by atoms with Crippen LogP contribution in [0.25, 0.3) is 0 Å². The van der Waals surface area contributed by atoms with Gasteiger partial charge in [0.2, 0.25) is 0 Å². The molecule has 0 fully saturated rings. The summed E-state index contributed by atoms with van der Waals surface area (Å²) >= 11 is 6.03. The third-order valence-electron chi connectivity index (χ3n) is 5.03. The van der Waals surface area contributed by atoms with Gasteiger partial charge in [-0.3, -0.25) is 0 Å². The van der Waals surface area contributed by atoms with Crippen LogP contribution in [0.2, 0.25) is 5.02 Å². The highest BCUT2D eigenvalue weighted by Crippen LogP contribution is 2.50. The molecule has 0 aromatic heterocycles. The number of carbonyl (C=O) groups excluding carboxylic acids is 1. The van der Waals surface area contributed by atoms with E-state index in [9.17, 15) is 4.79 Å². The van der Waals surface area contributed by atoms with Crippen LogP contribution in [-0.4, -0.2) is 13.1 Å². The molecule has 3 atom stereocenters. The smallest absolute Gasteiger partial charge is 0.339 e. The van der Waals surface area contributed by atoms with Crippen molar-refractivity contribution >= 4 is 23.3 Å². The molecule has 0 unspecified atom stereocenters. The normalized spacial score (nSPS) is 24.0. The van der Waals surface area contributed by atoms with Gasteiger partial charge in [0.1, 0.15) is 0 Å². The maximum Gasteiger partial charge on any atom is 0.339 e. The van der Waals surface area contributed by atoms with Crippen molar-refractivity contribution in [3.63, 3.8) is 0 Å². The minimum Gasteiger partial charge on any atom is -0.465 e. The lowest BCUT2D eigenvalue weighted by molar-refractivity contribution is 0.0601. The topological polar surface area (TPSA) is 38.3 Å². The van der Waals surface area contributed by atoms with Crippen molar-refractivity contribution in [1.82, 2.24) is 0 Å². The Morgan fingerprint density at radius 2 is 2.00 bits per heavy atom. The third-order valence-corrected chi connectivity index (χ3v) is 5.28. The Bertz CT molecular complexity index is 813. The van der Waals surface area contributed by atoms with Crippen molar-refractivity contribution < 1.29 is 9.53 Å². The number of para-hydroxylation sites is 1. The molecule has 1 heterocycles. The molecule has 1 aliphatic heterocycles. The highest BCUT2D eigenvalue weighted by Gasteiger charge is 2.39. The van der Waals surface area contributed by atoms with Crippen molar-refractivity contribution in [2.45, 2.75) is 18.4 Å². The van der Waals surface area contributed by atoms with Crippen LogP contribution in [-0.2, 0) is 4.74 Å². The van der Waals surface area contributed by atoms with E-state index in [0.29, 0.717) is 17.4 Å². The summed E-state index contributed by atoms with van der Waals surface area (Å²) in [5.41, 5.74) is 3.83. The van der Waals surface area contributed by atoms with Crippen LogP contribution < -0.4 is 5.32 Å². The molecular weight excluding hydrogens is 322 g/mol. The molecule has 0 spiro atoms. The van der Waals surface area contributed by atoms with Gasteiger partial charge in [-0.25, -0.2) is 4.79 Å². The Morgan fingerprint density at radius 1 is 1.21 bits per heavy atom. The zero-order chi connectivity index (χ0) is 16.7. The summed E-state index contributed by atoms with van der Waals surface area (Å²) in [6.45, 7) is 0. The summed E-state index contributed by atoms with van der Waals surface area (Å²) in [5, 5.41) is 4.33. The number of esters is 1. The molecule has 4 heteroatoms. The number of nitrogens with one attached hydrogen (secondary N) is 1. The Labute approximate surface area is 146 Å². The fourth-order valence-corrected chi connectivity index (χ4v) is 4.03. The lowest BCUT2D eigenvalue weighted by atomic mass is 9.76. The average Bonchev–Trinajstić information content (AvgIpc) is 3.10. The molecule has 2 aromatic carbocycles. The molecule has 0 amide bonds. The molecule has 3 nitrogen and oxygen atoms in total. The summed E-state index contributed by atoms with van der Waals surface area (Å²) in [6.07, 6.45) is 5.51. The Hall–Kier alpha value is -2.26. The summed E-state index contributed by atoms with van der Waals surface area (Å²) in [5.74, 6) is 0.438. The van der Waals surface area contributed by atoms with Gasteiger partial charge in [-0.05, 0) is 41.7 Å². The number of fused-ring (bicyclic) bond motifs is 3. The minimum atomic E-state index is -0.311. The highest BCUT2D eigenvalue weighted by atomic mass is 35.5. The number of hydrogen-bond acceptors (Lipinski definition) is 3. The van der Waals surface area contributed by atoms with Crippen molar-refractivity contribution in [1.29, 1.82) is 0 Å². The molecule has 0 radical (unpaired) electrons. The first-order chi connectivity index (χ1) is 11.7. The van der Waals surface area contributed by atoms with Gasteiger partial charge >= 0.3 is 5.97 Å². The zero-order valence-electron chi connectivity index (χ0n) is 13.3. The molecule has 0 saturated carbocycles. The minimum absolute atomic E-state index is 0.139. The van der Waals surface area contributed by atoms with E-state index in [1.165, 1.54) is 18.2 Å². The van der Waals surface area contributed by atoms with Gasteiger partial charge in [0.15, 0.2) is 0 Å². The number of halogens is 1. The Morgan fingerprint density at radius 3 is 2.75 bits per heavy atom. The fraction of sp³-hybridized carbons (Fsp3) is 0.250. The third kappa shape index (κ3) is 2.40. The van der Waals surface area contributed by atoms with Crippen LogP contribution in [0.4, 0.5) is 5.69 Å². The van der Waals surface area contributed by atoms with E-state index in [-0.39, 0.29) is 12.0 Å². The van der Waals surface area contributed by atoms with E-state index in [2.05, 4.69) is 35.7 Å². The van der Waals surface area contributed by atoms with Crippen LogP contribution in [0, 0.1) is 5.92 Å². The first-order valence-electron chi connectivity index (χ1n) is 8.09. The first-order valence-corrected chi connectivity index (χ1v) is 8.46. The largest absolute Gasteiger partial charge is 0.465 e. The summed E-state index contributed by atoms with van der Waals surface area (Å²) < 4.78 is 4.96. The zero-order valence-corrected chi connectivity index (χ0v) is 14.1. The number of rotatable bonds is 2. The molecule has 0 bridgehead atoms. The van der Waals surface area contributed by atoms with Crippen LogP contribution in [0.5, 0.6) is 0 Å². The number of anilines is 1. The van der Waals surface area contributed by atoms with E-state index in [4.69, 9.17) is 16.3 Å². The Balaban J connectivity index is 1.82. The number of hydrogen-bond donors (Lipinski definition) is 1. The maximum atomic E-state index is 12.2. The van der Waals surface area contributed by atoms with Crippen molar-refractivity contribution in [2.24, 2.45) is 5.92 Å². The molecule has 2 aromatic rings. The van der Waals surface area contributed by atoms with Crippen LogP contribution >= 0.6 is 11.6 Å². The maximum absolute atomic E-state index is 12.2. The average molecular weight is 340 g/mol. The monoisotopic (exact) mass is 339 g/mol. The molecule has 0 saturated heterocycles. The fourth-order valence-electron chi connectivity index (χ4n) is 3.90. The second-order valence-corrected chi connectivity index (χ2v) is 6.72. The van der Waals surface area contributed by atoms with Crippen molar-refractivity contribution in [3.8, 4) is 0 Å². The van der Waals surface area contributed by atoms with Gasteiger partial charge in [0.25, 0.3) is 0 Å². The lowest BCUT2D eigenvalue weighted by Crippen LogP contribution is -2.30. The number of allylic oxidation sites excluding steroid dienone is 2. The standard InChI is InChI=1S/C20H18ClNO2/c1-24-20(23)17-7-3-6-16-14-4-2-5-15(14)18(22-19(16)17)12-8-10-13(21)11-9-12/h2-4,6-11,14-15,18,22H,5H2,1H3/t14-,15+,18+/m0/s1. The molecule has 122 valence electrons. The van der Waals surface area contributed by atoms with Crippen LogP contribution in [0.1, 0.15) is 39.9 Å². The van der Waals surface area contributed by atoms with E-state index in [1.807, 2.05) is 24.3 Å². The number of ether oxygens (including phenoxy) is 1. The highest BCUT2D eigenvalue weighted by molar-refractivity contribution is 6.30. The van der Waals surface area contributed by atoms with Gasteiger partial charge < -0.3 is 10.1 Å². The predicted molar refractivity (Wildman–Crippen MR) is 95.6 cm³/mol. The Kier molecular flexibility index (Phi) is 3.81. The van der Waals surface area contributed by atoms with E-state index < -0.39 is 0 Å². The van der Waals surface area contributed by atoms with Gasteiger partial charge in [0.05, 0.1) is 24.4 Å². The second kappa shape index (κ2) is 5.99. The molecule has 24 heavy (non-hydrogen) atoms. The molecule has 1 N–H and O–H groups in total. The summed E-state index contributed by atoms with van der Waals surface area (Å²) in [6, 6.07) is 13.9. The molecule has 1 aliphatic carbocycles. The quantitative estimate of drug-likeness (QED) is 0.621. The van der Waals surface area contributed by atoms with E-state index in [0.717, 1.165) is 17.1 Å². The molecule has 4 rings (SSSR count). The number of methoxy groups -OCH3 is 1. The summed E-state index contributed by atoms with van der Waals surface area (Å²) in [7, 11) is 1.42. The SMILES string of the molecule is COC(=O)c1cccc2c1N[C@H](c1ccc(Cl)cc1)[C@@H]1CC=C[C@H]21. The number of benzene rings is 2. The van der Waals surface area contributed by atoms with Gasteiger partial charge in [-0.2, -0.15) is 0 Å². The van der Waals surface area contributed by atoms with Gasteiger partial charge in [0, 0.05) is 10.9 Å². The van der Waals surface area contributed by atoms with E-state index >= 15 is 0 Å². The first kappa shape index (κ1) is 15.3. The van der Waals surface area contributed by atoms with Crippen LogP contribution in [0.3, 0.4) is 0 Å². The van der Waals surface area contributed by atoms with Crippen molar-refractivity contribution in [3.05, 3.63) is 76.3 Å². The summed E-state index contributed by atoms with van der Waals surface area (Å²) in [4.78, 5) is 12.2. The molecular formula is C20H18ClNO2. The van der Waals surface area contributed by atoms with Gasteiger partial charge in [-0.15, -0.1) is 0 Å². The predicted octanol–water partition coefficient (Wildman–Crippen LogP) is 4.95. The van der Waals surface area contributed by atoms with Gasteiger partial charge in [-0.1, -0.05) is 48.0 Å². The lowest BCUT2D eigenvalue weighted by Gasteiger charge is -2.38. The number of carbonyl (C=O) groups is 1. The second-order valence-electron chi connectivity index (χ2n) is 6.29. The van der Waals surface area contributed by atoms with Crippen LogP contribution in [0.15, 0.2) is 54.6 Å². The van der Waals surface area contributed by atoms with Crippen molar-refractivity contribution in [2.75, 3.05) is 12.4 Å².